The summed E-state index contributed by atoms with van der Waals surface area (Å²) in [5.74, 6) is 1.65. The average Bonchev–Trinajstić information content (AvgIpc) is 3.48. The number of hydrogen-bond donors (Lipinski definition) is 2. The van der Waals surface area contributed by atoms with Crippen LogP contribution in [0.25, 0.3) is 21.6 Å². The fraction of sp³-hybridized carbons (Fsp3) is 0.564. The quantitative estimate of drug-likeness (QED) is 0.187. The number of aryl methyl sites for hydroxylation is 1. The molecule has 2 aromatic heterocycles. The molecule has 3 aromatic rings. The highest BCUT2D eigenvalue weighted by molar-refractivity contribution is 7.85. The van der Waals surface area contributed by atoms with Crippen molar-refractivity contribution >= 4 is 51.4 Å². The van der Waals surface area contributed by atoms with Crippen LogP contribution in [0.4, 0.5) is 0 Å². The molecule has 3 aliphatic rings. The molecule has 3 unspecified atom stereocenters. The van der Waals surface area contributed by atoms with Crippen LogP contribution < -0.4 is 19.5 Å². The molecule has 4 atom stereocenters. The molecular weight excluding hydrogens is 699 g/mol. The summed E-state index contributed by atoms with van der Waals surface area (Å²) in [4.78, 5) is 48.3. The van der Waals surface area contributed by atoms with Crippen LogP contribution in [-0.4, -0.2) is 73.9 Å². The third-order valence-electron chi connectivity index (χ3n) is 9.99. The van der Waals surface area contributed by atoms with Gasteiger partial charge in [0.15, 0.2) is 0 Å². The minimum Gasteiger partial charge on any atom is -0.496 e. The van der Waals surface area contributed by atoms with Gasteiger partial charge in [-0.2, -0.15) is 0 Å². The number of carbonyl (C=O) groups is 3. The van der Waals surface area contributed by atoms with Crippen molar-refractivity contribution in [2.24, 2.45) is 0 Å². The first kappa shape index (κ1) is 39.4. The number of benzene rings is 1. The normalized spacial score (nSPS) is 23.3. The van der Waals surface area contributed by atoms with Gasteiger partial charge in [0, 0.05) is 41.3 Å². The number of aromatic nitrogens is 2. The molecule has 1 aliphatic carbocycles. The van der Waals surface area contributed by atoms with Crippen LogP contribution in [0, 0.1) is 6.92 Å². The maximum Gasteiger partial charge on any atom is 0.243 e. The van der Waals surface area contributed by atoms with Crippen LogP contribution in [-0.2, 0) is 25.4 Å². The number of allylic oxidation sites excluding steroid dienone is 1. The first-order chi connectivity index (χ1) is 24.9. The lowest BCUT2D eigenvalue weighted by Gasteiger charge is -2.25. The lowest BCUT2D eigenvalue weighted by molar-refractivity contribution is -0.138. The Bertz CT molecular complexity index is 1790. The number of methoxy groups -OCH3 is 1. The number of pyridine rings is 1. The van der Waals surface area contributed by atoms with Crippen LogP contribution in [0.15, 0.2) is 35.7 Å². The zero-order chi connectivity index (χ0) is 37.4. The van der Waals surface area contributed by atoms with Crippen LogP contribution in [0.3, 0.4) is 0 Å². The molecule has 13 heteroatoms. The fourth-order valence-corrected chi connectivity index (χ4v) is 8.25. The van der Waals surface area contributed by atoms with E-state index in [4.69, 9.17) is 19.4 Å². The molecule has 4 heterocycles. The molecule has 1 aromatic carbocycles. The fourth-order valence-electron chi connectivity index (χ4n) is 6.46. The van der Waals surface area contributed by atoms with Crippen LogP contribution in [0.2, 0.25) is 0 Å². The van der Waals surface area contributed by atoms with E-state index in [1.54, 1.807) is 23.3 Å². The number of amides is 3. The number of nitrogens with one attached hydrogen (secondary N) is 2. The Kier molecular flexibility index (Phi) is 13.5. The summed E-state index contributed by atoms with van der Waals surface area (Å²) >= 11 is 1.57. The van der Waals surface area contributed by atoms with Crippen molar-refractivity contribution in [3.63, 3.8) is 0 Å². The predicted molar refractivity (Wildman–Crippen MR) is 207 cm³/mol. The van der Waals surface area contributed by atoms with Crippen molar-refractivity contribution in [3.8, 4) is 22.2 Å². The van der Waals surface area contributed by atoms with Gasteiger partial charge in [0.25, 0.3) is 0 Å². The number of carbonyl (C=O) groups excluding carboxylic acids is 3. The lowest BCUT2D eigenvalue weighted by atomic mass is 10.1. The highest BCUT2D eigenvalue weighted by atomic mass is 32.2. The monoisotopic (exact) mass is 751 g/mol. The molecule has 11 nitrogen and oxygen atoms in total. The summed E-state index contributed by atoms with van der Waals surface area (Å²) < 4.78 is 25.3. The molecule has 2 fully saturated rings. The average molecular weight is 752 g/mol. The van der Waals surface area contributed by atoms with E-state index in [0.717, 1.165) is 90.0 Å². The van der Waals surface area contributed by atoms with Gasteiger partial charge in [0.1, 0.15) is 45.3 Å². The van der Waals surface area contributed by atoms with E-state index in [2.05, 4.69) is 41.4 Å². The van der Waals surface area contributed by atoms with Gasteiger partial charge < -0.3 is 19.7 Å². The molecule has 3 amide bonds. The second kappa shape index (κ2) is 17.8. The summed E-state index contributed by atoms with van der Waals surface area (Å²) in [7, 11) is 0.512. The van der Waals surface area contributed by atoms with Crippen molar-refractivity contribution < 1.29 is 28.1 Å². The first-order valence-corrected chi connectivity index (χ1v) is 20.4. The van der Waals surface area contributed by atoms with Gasteiger partial charge in [-0.15, -0.1) is 11.3 Å². The summed E-state index contributed by atoms with van der Waals surface area (Å²) in [6.45, 7) is 10.5. The maximum absolute atomic E-state index is 13.5. The summed E-state index contributed by atoms with van der Waals surface area (Å²) in [6, 6.07) is 5.28. The van der Waals surface area contributed by atoms with E-state index in [0.29, 0.717) is 37.5 Å². The van der Waals surface area contributed by atoms with E-state index < -0.39 is 17.0 Å². The van der Waals surface area contributed by atoms with Gasteiger partial charge in [0.2, 0.25) is 18.2 Å². The van der Waals surface area contributed by atoms with Gasteiger partial charge in [-0.25, -0.2) is 14.2 Å². The minimum absolute atomic E-state index is 0.00974. The topological polar surface area (TPSA) is 140 Å². The molecule has 2 aliphatic heterocycles. The number of rotatable bonds is 8. The Labute approximate surface area is 313 Å². The number of hydrogen-bond acceptors (Lipinski definition) is 9. The van der Waals surface area contributed by atoms with Gasteiger partial charge in [-0.1, -0.05) is 38.8 Å². The molecular formula is C39H53N5O6S2. The number of fused-ring (bicyclic) bond motifs is 2. The molecule has 282 valence electrons. The van der Waals surface area contributed by atoms with E-state index in [9.17, 15) is 18.6 Å². The van der Waals surface area contributed by atoms with Crippen LogP contribution >= 0.6 is 11.3 Å². The van der Waals surface area contributed by atoms with Gasteiger partial charge >= 0.3 is 0 Å². The largest absolute Gasteiger partial charge is 0.496 e. The zero-order valence-electron chi connectivity index (χ0n) is 31.2. The molecule has 0 bridgehead atoms. The van der Waals surface area contributed by atoms with Gasteiger partial charge in [-0.05, 0) is 77.3 Å². The molecule has 2 N–H and O–H groups in total. The highest BCUT2D eigenvalue weighted by Gasteiger charge is 2.44. The van der Waals surface area contributed by atoms with Crippen molar-refractivity contribution in [2.75, 3.05) is 13.7 Å². The Morgan fingerprint density at radius 2 is 1.88 bits per heavy atom. The van der Waals surface area contributed by atoms with Gasteiger partial charge in [-0.3, -0.25) is 19.1 Å². The first-order valence-electron chi connectivity index (χ1n) is 18.4. The van der Waals surface area contributed by atoms with E-state index >= 15 is 0 Å². The molecule has 6 rings (SSSR count). The summed E-state index contributed by atoms with van der Waals surface area (Å²) in [5, 5.41) is 6.92. The third kappa shape index (κ3) is 9.77. The highest BCUT2D eigenvalue weighted by Crippen LogP contribution is 2.40. The molecule has 1 saturated carbocycles. The molecule has 0 radical (unpaired) electrons. The van der Waals surface area contributed by atoms with Crippen molar-refractivity contribution in [2.45, 2.75) is 128 Å². The summed E-state index contributed by atoms with van der Waals surface area (Å²) in [6.07, 6.45) is 13.2. The Morgan fingerprint density at radius 1 is 1.12 bits per heavy atom. The summed E-state index contributed by atoms with van der Waals surface area (Å²) in [5.41, 5.74) is 3.47. The Balaban J connectivity index is 0.000000507. The third-order valence-corrected chi connectivity index (χ3v) is 12.5. The minimum atomic E-state index is -1.14. The van der Waals surface area contributed by atoms with Crippen molar-refractivity contribution in [3.05, 3.63) is 47.0 Å². The molecule has 1 saturated heterocycles. The Hall–Kier alpha value is -3.84. The number of ether oxygens (including phenoxy) is 2. The number of thiazole rings is 1. The predicted octanol–water partition coefficient (Wildman–Crippen LogP) is 6.90. The van der Waals surface area contributed by atoms with Crippen LogP contribution in [0.5, 0.6) is 11.5 Å². The second-order valence-corrected chi connectivity index (χ2v) is 17.2. The molecule has 52 heavy (non-hydrogen) atoms. The standard InChI is InChI=1S/C34H44N4O4S.C5H9NO2S/c1-21(2)27-20-43-34(37-27)26-18-30(25-15-16-29(41-5)23(4)32(25)36-26)42-24-17-28-33(40)35-22(3)13-11-9-7-6-8-10-12-14-31(39)38(28)19-24;1-5(2-3-5)9(8)6-4-7/h9,11,15-16,18,20-22,24,28H,6-8,10,12-14,17,19H2,1-5H3,(H,35,40);4H,2-3H2,1H3,(H,6,7)/b11-9-;/t22?,24-,28?;/m1./s1. The van der Waals surface area contributed by atoms with Gasteiger partial charge in [0.05, 0.1) is 29.6 Å². The zero-order valence-corrected chi connectivity index (χ0v) is 32.9. The van der Waals surface area contributed by atoms with E-state index in [-0.39, 0.29) is 28.7 Å². The molecule has 0 spiro atoms. The van der Waals surface area contributed by atoms with Crippen LogP contribution in [0.1, 0.15) is 109 Å². The lowest BCUT2D eigenvalue weighted by Crippen LogP contribution is -2.48. The SMILES string of the molecule is CC1(S(=O)NC=O)CC1.COc1ccc2c(O[C@@H]3CC4C(=O)NC(C)C/C=C\CCCCCCC(=O)N4C3)cc(-c3nc(C(C)C)cs3)nc2c1C. The maximum atomic E-state index is 13.5. The van der Waals surface area contributed by atoms with Crippen molar-refractivity contribution in [1.29, 1.82) is 0 Å². The second-order valence-electron chi connectivity index (χ2n) is 14.6. The number of nitrogens with zero attached hydrogens (tertiary/aromatic N) is 3. The smallest absolute Gasteiger partial charge is 0.243 e. The van der Waals surface area contributed by atoms with E-state index in [1.807, 2.05) is 39.0 Å². The van der Waals surface area contributed by atoms with E-state index in [1.165, 1.54) is 0 Å². The van der Waals surface area contributed by atoms with Crippen molar-refractivity contribution in [1.82, 2.24) is 24.9 Å². The Morgan fingerprint density at radius 3 is 2.58 bits per heavy atom.